The molecule has 7 heteroatoms. The fourth-order valence-corrected chi connectivity index (χ4v) is 3.94. The molecule has 0 unspecified atom stereocenters. The third kappa shape index (κ3) is 4.61. The van der Waals surface area contributed by atoms with E-state index in [1.807, 2.05) is 45.6 Å². The van der Waals surface area contributed by atoms with Gasteiger partial charge in [0.05, 0.1) is 17.6 Å². The molecule has 7 nitrogen and oxygen atoms in total. The van der Waals surface area contributed by atoms with Crippen molar-refractivity contribution in [1.82, 2.24) is 19.8 Å². The van der Waals surface area contributed by atoms with E-state index in [0.29, 0.717) is 38.5 Å². The number of para-hydroxylation sites is 2. The van der Waals surface area contributed by atoms with Crippen LogP contribution in [-0.4, -0.2) is 52.7 Å². The van der Waals surface area contributed by atoms with E-state index in [0.717, 1.165) is 23.0 Å². The van der Waals surface area contributed by atoms with Crippen molar-refractivity contribution in [2.45, 2.75) is 39.8 Å². The highest BCUT2D eigenvalue weighted by Crippen LogP contribution is 2.17. The van der Waals surface area contributed by atoms with Crippen LogP contribution in [0.2, 0.25) is 0 Å². The van der Waals surface area contributed by atoms with Crippen LogP contribution in [0.4, 0.5) is 10.6 Å². The molecule has 0 spiro atoms. The maximum absolute atomic E-state index is 13.5. The summed E-state index contributed by atoms with van der Waals surface area (Å²) in [5, 5.41) is 3.02. The highest BCUT2D eigenvalue weighted by Gasteiger charge is 2.25. The average Bonchev–Trinajstić information content (AvgIpc) is 2.82. The molecule has 1 fully saturated rings. The molecule has 2 heterocycles. The molecule has 168 valence electrons. The third-order valence-corrected chi connectivity index (χ3v) is 6.15. The molecule has 1 saturated heterocycles. The van der Waals surface area contributed by atoms with Crippen molar-refractivity contribution in [3.05, 3.63) is 70.0 Å². The van der Waals surface area contributed by atoms with E-state index in [1.165, 1.54) is 5.56 Å². The fourth-order valence-electron chi connectivity index (χ4n) is 3.94. The summed E-state index contributed by atoms with van der Waals surface area (Å²) in [5.74, 6) is 0.456. The SMILES string of the molecule is CC[C@H](C)NC(=O)N1CCN(c2nc3ccccc3n(Cc3ccc(C)cc3)c2=O)CC1. The Labute approximate surface area is 188 Å². The molecule has 0 aliphatic carbocycles. The van der Waals surface area contributed by atoms with Gasteiger partial charge < -0.3 is 15.1 Å². The van der Waals surface area contributed by atoms with Crippen LogP contribution in [0.1, 0.15) is 31.4 Å². The van der Waals surface area contributed by atoms with E-state index < -0.39 is 0 Å². The number of hydrogen-bond donors (Lipinski definition) is 1. The van der Waals surface area contributed by atoms with E-state index in [-0.39, 0.29) is 17.6 Å². The first-order chi connectivity index (χ1) is 15.5. The summed E-state index contributed by atoms with van der Waals surface area (Å²) in [7, 11) is 0. The minimum absolute atomic E-state index is 0.0396. The number of carbonyl (C=O) groups is 1. The predicted molar refractivity (Wildman–Crippen MR) is 128 cm³/mol. The van der Waals surface area contributed by atoms with E-state index in [1.54, 1.807) is 0 Å². The maximum atomic E-state index is 13.5. The molecule has 1 aliphatic rings. The predicted octanol–water partition coefficient (Wildman–Crippen LogP) is 3.38. The Morgan fingerprint density at radius 1 is 1.06 bits per heavy atom. The van der Waals surface area contributed by atoms with Gasteiger partial charge in [0.25, 0.3) is 5.56 Å². The maximum Gasteiger partial charge on any atom is 0.317 e. The number of anilines is 1. The summed E-state index contributed by atoms with van der Waals surface area (Å²) < 4.78 is 1.81. The number of aryl methyl sites for hydroxylation is 1. The minimum Gasteiger partial charge on any atom is -0.348 e. The normalized spacial score (nSPS) is 15.1. The van der Waals surface area contributed by atoms with Crippen LogP contribution in [0, 0.1) is 6.92 Å². The molecule has 0 radical (unpaired) electrons. The lowest BCUT2D eigenvalue weighted by atomic mass is 10.1. The number of piperazine rings is 1. The largest absolute Gasteiger partial charge is 0.348 e. The van der Waals surface area contributed by atoms with Crippen molar-refractivity contribution in [2.75, 3.05) is 31.1 Å². The second kappa shape index (κ2) is 9.42. The standard InChI is InChI=1S/C25H31N5O2/c1-4-19(3)26-25(32)29-15-13-28(14-16-29)23-24(31)30(17-20-11-9-18(2)10-12-20)22-8-6-5-7-21(22)27-23/h5-12,19H,4,13-17H2,1-3H3,(H,26,32)/t19-/m0/s1. The first kappa shape index (κ1) is 21.9. The molecule has 2 amide bonds. The first-order valence-electron chi connectivity index (χ1n) is 11.3. The zero-order chi connectivity index (χ0) is 22.7. The fraction of sp³-hybridized carbons (Fsp3) is 0.400. The molecule has 3 aromatic rings. The van der Waals surface area contributed by atoms with Crippen LogP contribution in [0.5, 0.6) is 0 Å². The number of amides is 2. The number of nitrogens with zero attached hydrogens (tertiary/aromatic N) is 4. The summed E-state index contributed by atoms with van der Waals surface area (Å²) in [6.45, 7) is 8.89. The number of urea groups is 1. The average molecular weight is 434 g/mol. The number of rotatable bonds is 5. The molecule has 1 aliphatic heterocycles. The van der Waals surface area contributed by atoms with Crippen LogP contribution in [0.15, 0.2) is 53.3 Å². The van der Waals surface area contributed by atoms with Gasteiger partial charge in [-0.1, -0.05) is 48.9 Å². The number of carbonyl (C=O) groups excluding carboxylic acids is 1. The smallest absolute Gasteiger partial charge is 0.317 e. The van der Waals surface area contributed by atoms with Crippen LogP contribution in [0.25, 0.3) is 11.0 Å². The van der Waals surface area contributed by atoms with Gasteiger partial charge >= 0.3 is 6.03 Å². The van der Waals surface area contributed by atoms with Gasteiger partial charge in [-0.3, -0.25) is 9.36 Å². The van der Waals surface area contributed by atoms with Gasteiger partial charge in [0.2, 0.25) is 0 Å². The zero-order valence-electron chi connectivity index (χ0n) is 19.0. The van der Waals surface area contributed by atoms with Crippen molar-refractivity contribution in [3.63, 3.8) is 0 Å². The molecule has 1 atom stereocenters. The number of nitrogens with one attached hydrogen (secondary N) is 1. The summed E-state index contributed by atoms with van der Waals surface area (Å²) in [4.78, 5) is 34.5. The monoisotopic (exact) mass is 433 g/mol. The van der Waals surface area contributed by atoms with Crippen molar-refractivity contribution in [1.29, 1.82) is 0 Å². The Bertz CT molecular complexity index is 1150. The molecular formula is C25H31N5O2. The highest BCUT2D eigenvalue weighted by molar-refractivity contribution is 5.77. The van der Waals surface area contributed by atoms with Crippen LogP contribution < -0.4 is 15.8 Å². The number of benzene rings is 2. The molecule has 32 heavy (non-hydrogen) atoms. The first-order valence-corrected chi connectivity index (χ1v) is 11.3. The molecular weight excluding hydrogens is 402 g/mol. The van der Waals surface area contributed by atoms with E-state index in [4.69, 9.17) is 4.98 Å². The number of hydrogen-bond acceptors (Lipinski definition) is 4. The Kier molecular flexibility index (Phi) is 6.44. The van der Waals surface area contributed by atoms with Crippen LogP contribution in [0.3, 0.4) is 0 Å². The molecule has 0 saturated carbocycles. The molecule has 0 bridgehead atoms. The Morgan fingerprint density at radius 2 is 1.75 bits per heavy atom. The van der Waals surface area contributed by atoms with Gasteiger partial charge in [-0.25, -0.2) is 9.78 Å². The van der Waals surface area contributed by atoms with Crippen molar-refractivity contribution >= 4 is 22.9 Å². The molecule has 1 aromatic heterocycles. The van der Waals surface area contributed by atoms with Gasteiger partial charge in [0.15, 0.2) is 5.82 Å². The highest BCUT2D eigenvalue weighted by atomic mass is 16.2. The van der Waals surface area contributed by atoms with Crippen molar-refractivity contribution < 1.29 is 4.79 Å². The van der Waals surface area contributed by atoms with E-state index in [2.05, 4.69) is 43.4 Å². The van der Waals surface area contributed by atoms with Gasteiger partial charge in [0.1, 0.15) is 0 Å². The molecule has 1 N–H and O–H groups in total. The van der Waals surface area contributed by atoms with Crippen LogP contribution >= 0.6 is 0 Å². The Morgan fingerprint density at radius 3 is 2.44 bits per heavy atom. The molecule has 2 aromatic carbocycles. The second-order valence-electron chi connectivity index (χ2n) is 8.53. The van der Waals surface area contributed by atoms with E-state index >= 15 is 0 Å². The van der Waals surface area contributed by atoms with Gasteiger partial charge in [0, 0.05) is 32.2 Å². The number of aromatic nitrogens is 2. The lowest BCUT2D eigenvalue weighted by molar-refractivity contribution is 0.190. The van der Waals surface area contributed by atoms with E-state index in [9.17, 15) is 9.59 Å². The zero-order valence-corrected chi connectivity index (χ0v) is 19.0. The topological polar surface area (TPSA) is 70.5 Å². The summed E-state index contributed by atoms with van der Waals surface area (Å²) >= 11 is 0. The van der Waals surface area contributed by atoms with Crippen LogP contribution in [-0.2, 0) is 6.54 Å². The summed E-state index contributed by atoms with van der Waals surface area (Å²) in [6, 6.07) is 16.1. The molecule has 4 rings (SSSR count). The third-order valence-electron chi connectivity index (χ3n) is 6.15. The van der Waals surface area contributed by atoms with Gasteiger partial charge in [-0.15, -0.1) is 0 Å². The van der Waals surface area contributed by atoms with Gasteiger partial charge in [-0.2, -0.15) is 0 Å². The Hall–Kier alpha value is -3.35. The Balaban J connectivity index is 1.60. The second-order valence-corrected chi connectivity index (χ2v) is 8.53. The summed E-state index contributed by atoms with van der Waals surface area (Å²) in [5.41, 5.74) is 3.80. The lowest BCUT2D eigenvalue weighted by Crippen LogP contribution is -2.54. The van der Waals surface area contributed by atoms with Crippen molar-refractivity contribution in [2.24, 2.45) is 0 Å². The lowest BCUT2D eigenvalue weighted by Gasteiger charge is -2.35. The van der Waals surface area contributed by atoms with Gasteiger partial charge in [-0.05, 0) is 38.0 Å². The minimum atomic E-state index is -0.0956. The number of fused-ring (bicyclic) bond motifs is 1. The quantitative estimate of drug-likeness (QED) is 0.670. The summed E-state index contributed by atoms with van der Waals surface area (Å²) in [6.07, 6.45) is 0.896. The van der Waals surface area contributed by atoms with Crippen molar-refractivity contribution in [3.8, 4) is 0 Å².